The van der Waals surface area contributed by atoms with Crippen LogP contribution in [0.2, 0.25) is 0 Å². The molecule has 0 saturated carbocycles. The number of halogens is 1. The maximum Gasteiger partial charge on any atom is 0.131 e. The zero-order valence-corrected chi connectivity index (χ0v) is 11.2. The fourth-order valence-electron chi connectivity index (χ4n) is 3.10. The molecule has 0 amide bonds. The van der Waals surface area contributed by atoms with Crippen LogP contribution in [0.25, 0.3) is 32.3 Å². The van der Waals surface area contributed by atoms with Crippen LogP contribution in [0.1, 0.15) is 5.56 Å². The summed E-state index contributed by atoms with van der Waals surface area (Å²) in [5.41, 5.74) is 1.21. The van der Waals surface area contributed by atoms with E-state index in [1.807, 2.05) is 24.3 Å². The van der Waals surface area contributed by atoms with E-state index in [2.05, 4.69) is 31.2 Å². The lowest BCUT2D eigenvalue weighted by atomic mass is 9.94. The van der Waals surface area contributed by atoms with Crippen LogP contribution in [0.3, 0.4) is 0 Å². The largest absolute Gasteiger partial charge is 0.206 e. The van der Waals surface area contributed by atoms with Crippen molar-refractivity contribution in [1.82, 2.24) is 0 Å². The summed E-state index contributed by atoms with van der Waals surface area (Å²) in [6.45, 7) is 2.11. The minimum Gasteiger partial charge on any atom is -0.206 e. The molecular weight excluding hydrogens is 247 g/mol. The van der Waals surface area contributed by atoms with Gasteiger partial charge < -0.3 is 0 Å². The van der Waals surface area contributed by atoms with Crippen molar-refractivity contribution in [2.75, 3.05) is 0 Å². The second-order valence-electron chi connectivity index (χ2n) is 5.22. The SMILES string of the molecule is Cc1c2ccccc2cc2c1ccc1cccc(F)c12. The first-order valence-electron chi connectivity index (χ1n) is 6.75. The van der Waals surface area contributed by atoms with Gasteiger partial charge in [-0.2, -0.15) is 0 Å². The molecular formula is C19H13F. The highest BCUT2D eigenvalue weighted by Gasteiger charge is 2.09. The third kappa shape index (κ3) is 1.47. The maximum absolute atomic E-state index is 14.2. The monoisotopic (exact) mass is 260 g/mol. The van der Waals surface area contributed by atoms with Crippen molar-refractivity contribution in [3.05, 3.63) is 72.0 Å². The average Bonchev–Trinajstić information content (AvgIpc) is 2.47. The summed E-state index contributed by atoms with van der Waals surface area (Å²) in [6.07, 6.45) is 0. The molecule has 0 atom stereocenters. The standard InChI is InChI=1S/C19H13F/c1-12-15-7-3-2-5-14(15)11-17-16(12)10-9-13-6-4-8-18(20)19(13)17/h2-11H,1H3. The van der Waals surface area contributed by atoms with Crippen LogP contribution in [0.4, 0.5) is 4.39 Å². The van der Waals surface area contributed by atoms with Crippen LogP contribution in [-0.2, 0) is 0 Å². The van der Waals surface area contributed by atoms with E-state index >= 15 is 0 Å². The first-order valence-corrected chi connectivity index (χ1v) is 6.75. The van der Waals surface area contributed by atoms with Crippen molar-refractivity contribution in [1.29, 1.82) is 0 Å². The Balaban J connectivity index is 2.34. The van der Waals surface area contributed by atoms with Crippen molar-refractivity contribution in [3.8, 4) is 0 Å². The van der Waals surface area contributed by atoms with Gasteiger partial charge in [0.15, 0.2) is 0 Å². The molecule has 0 radical (unpaired) electrons. The van der Waals surface area contributed by atoms with Crippen LogP contribution in [0.15, 0.2) is 60.7 Å². The summed E-state index contributed by atoms with van der Waals surface area (Å²) in [5, 5.41) is 6.19. The molecule has 1 heteroatoms. The number of hydrogen-bond acceptors (Lipinski definition) is 0. The van der Waals surface area contributed by atoms with E-state index in [9.17, 15) is 4.39 Å². The molecule has 4 rings (SSSR count). The molecule has 0 unspecified atom stereocenters. The van der Waals surface area contributed by atoms with E-state index < -0.39 is 0 Å². The number of benzene rings is 4. The van der Waals surface area contributed by atoms with Crippen LogP contribution in [0.5, 0.6) is 0 Å². The van der Waals surface area contributed by atoms with Gasteiger partial charge in [-0.1, -0.05) is 48.5 Å². The van der Waals surface area contributed by atoms with Crippen molar-refractivity contribution in [2.24, 2.45) is 0 Å². The molecule has 0 fully saturated rings. The Morgan fingerprint density at radius 2 is 1.50 bits per heavy atom. The summed E-state index contributed by atoms with van der Waals surface area (Å²) in [7, 11) is 0. The van der Waals surface area contributed by atoms with Crippen LogP contribution >= 0.6 is 0 Å². The smallest absolute Gasteiger partial charge is 0.131 e. The Morgan fingerprint density at radius 1 is 0.700 bits per heavy atom. The van der Waals surface area contributed by atoms with Crippen molar-refractivity contribution in [3.63, 3.8) is 0 Å². The molecule has 4 aromatic carbocycles. The first kappa shape index (κ1) is 11.4. The molecule has 0 aliphatic heterocycles. The Labute approximate surface area is 116 Å². The lowest BCUT2D eigenvalue weighted by molar-refractivity contribution is 0.640. The Bertz CT molecular complexity index is 967. The van der Waals surface area contributed by atoms with Gasteiger partial charge in [-0.15, -0.1) is 0 Å². The highest BCUT2D eigenvalue weighted by atomic mass is 19.1. The highest BCUT2D eigenvalue weighted by Crippen LogP contribution is 2.33. The number of hydrogen-bond donors (Lipinski definition) is 0. The predicted molar refractivity (Wildman–Crippen MR) is 83.7 cm³/mol. The van der Waals surface area contributed by atoms with E-state index in [0.717, 1.165) is 26.9 Å². The minimum atomic E-state index is -0.150. The third-order valence-electron chi connectivity index (χ3n) is 4.10. The fraction of sp³-hybridized carbons (Fsp3) is 0.0526. The fourth-order valence-corrected chi connectivity index (χ4v) is 3.10. The zero-order valence-electron chi connectivity index (χ0n) is 11.2. The quantitative estimate of drug-likeness (QED) is 0.285. The summed E-state index contributed by atoms with van der Waals surface area (Å²) in [5.74, 6) is -0.150. The Morgan fingerprint density at radius 3 is 2.40 bits per heavy atom. The van der Waals surface area contributed by atoms with Gasteiger partial charge in [-0.3, -0.25) is 0 Å². The van der Waals surface area contributed by atoms with Gasteiger partial charge in [0.2, 0.25) is 0 Å². The molecule has 0 spiro atoms. The second kappa shape index (κ2) is 4.04. The molecule has 0 heterocycles. The Hall–Kier alpha value is -2.41. The summed E-state index contributed by atoms with van der Waals surface area (Å²) in [6, 6.07) is 19.7. The maximum atomic E-state index is 14.2. The van der Waals surface area contributed by atoms with Gasteiger partial charge in [0.25, 0.3) is 0 Å². The van der Waals surface area contributed by atoms with E-state index in [1.54, 1.807) is 6.07 Å². The number of aryl methyl sites for hydroxylation is 1. The van der Waals surface area contributed by atoms with Crippen molar-refractivity contribution < 1.29 is 4.39 Å². The molecule has 0 aromatic heterocycles. The van der Waals surface area contributed by atoms with Gasteiger partial charge in [-0.05, 0) is 51.6 Å². The normalized spacial score (nSPS) is 11.5. The second-order valence-corrected chi connectivity index (χ2v) is 5.22. The van der Waals surface area contributed by atoms with Gasteiger partial charge in [0.1, 0.15) is 5.82 Å². The van der Waals surface area contributed by atoms with Crippen molar-refractivity contribution >= 4 is 32.3 Å². The molecule has 0 aliphatic carbocycles. The first-order chi connectivity index (χ1) is 9.75. The van der Waals surface area contributed by atoms with Crippen molar-refractivity contribution in [2.45, 2.75) is 6.92 Å². The van der Waals surface area contributed by atoms with Crippen LogP contribution in [-0.4, -0.2) is 0 Å². The van der Waals surface area contributed by atoms with Gasteiger partial charge in [0.05, 0.1) is 0 Å². The summed E-state index contributed by atoms with van der Waals surface area (Å²) < 4.78 is 14.2. The average molecular weight is 260 g/mol. The lowest BCUT2D eigenvalue weighted by Crippen LogP contribution is -1.87. The van der Waals surface area contributed by atoms with E-state index in [-0.39, 0.29) is 5.82 Å². The highest BCUT2D eigenvalue weighted by molar-refractivity contribution is 6.14. The molecule has 0 nitrogen and oxygen atoms in total. The summed E-state index contributed by atoms with van der Waals surface area (Å²) >= 11 is 0. The van der Waals surface area contributed by atoms with Crippen LogP contribution < -0.4 is 0 Å². The van der Waals surface area contributed by atoms with E-state index in [4.69, 9.17) is 0 Å². The topological polar surface area (TPSA) is 0 Å². The number of rotatable bonds is 0. The molecule has 4 aromatic rings. The lowest BCUT2D eigenvalue weighted by Gasteiger charge is -2.10. The minimum absolute atomic E-state index is 0.150. The summed E-state index contributed by atoms with van der Waals surface area (Å²) in [4.78, 5) is 0. The Kier molecular flexibility index (Phi) is 2.31. The van der Waals surface area contributed by atoms with Crippen LogP contribution in [0, 0.1) is 12.7 Å². The van der Waals surface area contributed by atoms with Gasteiger partial charge in [0, 0.05) is 5.39 Å². The predicted octanol–water partition coefficient (Wildman–Crippen LogP) is 5.59. The van der Waals surface area contributed by atoms with E-state index in [0.29, 0.717) is 0 Å². The van der Waals surface area contributed by atoms with Gasteiger partial charge in [-0.25, -0.2) is 4.39 Å². The van der Waals surface area contributed by atoms with E-state index in [1.165, 1.54) is 17.0 Å². The molecule has 20 heavy (non-hydrogen) atoms. The van der Waals surface area contributed by atoms with Gasteiger partial charge >= 0.3 is 0 Å². The molecule has 0 N–H and O–H groups in total. The zero-order chi connectivity index (χ0) is 13.7. The molecule has 0 bridgehead atoms. The molecule has 0 aliphatic rings. The number of fused-ring (bicyclic) bond motifs is 4. The molecule has 96 valence electrons. The molecule has 0 saturated heterocycles. The third-order valence-corrected chi connectivity index (χ3v) is 4.10.